The maximum absolute atomic E-state index is 11.8. The predicted molar refractivity (Wildman–Crippen MR) is 77.5 cm³/mol. The summed E-state index contributed by atoms with van der Waals surface area (Å²) >= 11 is 0. The average Bonchev–Trinajstić information content (AvgIpc) is 2.47. The van der Waals surface area contributed by atoms with E-state index in [1.165, 1.54) is 0 Å². The van der Waals surface area contributed by atoms with Gasteiger partial charge in [-0.25, -0.2) is 14.8 Å². The molecule has 0 unspecified atom stereocenters. The second-order valence-corrected chi connectivity index (χ2v) is 4.64. The summed E-state index contributed by atoms with van der Waals surface area (Å²) in [7, 11) is 0. The van der Waals surface area contributed by atoms with E-state index in [0.29, 0.717) is 10.9 Å². The first kappa shape index (κ1) is 11.6. The molecule has 0 bridgehead atoms. The van der Waals surface area contributed by atoms with Crippen molar-refractivity contribution in [1.29, 1.82) is 0 Å². The van der Waals surface area contributed by atoms with E-state index in [1.54, 1.807) is 18.2 Å². The number of hydrogen-bond donors (Lipinski definition) is 3. The Balaban J connectivity index is 2.29. The van der Waals surface area contributed by atoms with E-state index in [4.69, 9.17) is 0 Å². The average molecular weight is 280 g/mol. The Morgan fingerprint density at radius 3 is 2.67 bits per heavy atom. The number of nitrogens with zero attached hydrogens (tertiary/aromatic N) is 2. The van der Waals surface area contributed by atoms with Crippen LogP contribution in [0.5, 0.6) is 5.75 Å². The fraction of sp³-hybridized carbons (Fsp3) is 0. The standard InChI is InChI=1S/C14H8N4O3/c19-11-7-4-2-1-3-6(7)5-8-9(11)16-12-10(15-8)13(20)18-14(21)17-12/h1-5,19H,(H2,16,17,18,20,21). The van der Waals surface area contributed by atoms with Crippen LogP contribution in [-0.2, 0) is 0 Å². The number of nitrogens with one attached hydrogen (secondary N) is 2. The minimum Gasteiger partial charge on any atom is -0.505 e. The Labute approximate surface area is 115 Å². The number of aromatic nitrogens is 4. The monoisotopic (exact) mass is 280 g/mol. The highest BCUT2D eigenvalue weighted by Gasteiger charge is 2.12. The summed E-state index contributed by atoms with van der Waals surface area (Å²) < 4.78 is 0. The van der Waals surface area contributed by atoms with Gasteiger partial charge in [0.25, 0.3) is 5.56 Å². The van der Waals surface area contributed by atoms with Crippen molar-refractivity contribution in [3.05, 3.63) is 51.2 Å². The van der Waals surface area contributed by atoms with Gasteiger partial charge in [0, 0.05) is 5.39 Å². The van der Waals surface area contributed by atoms with Gasteiger partial charge in [0.15, 0.2) is 16.9 Å². The summed E-state index contributed by atoms with van der Waals surface area (Å²) in [5.41, 5.74) is -0.588. The topological polar surface area (TPSA) is 112 Å². The number of hydrogen-bond acceptors (Lipinski definition) is 5. The normalized spacial score (nSPS) is 11.4. The molecule has 0 aliphatic rings. The molecule has 0 spiro atoms. The molecule has 0 aliphatic carbocycles. The first-order valence-corrected chi connectivity index (χ1v) is 6.18. The van der Waals surface area contributed by atoms with Gasteiger partial charge in [-0.3, -0.25) is 14.8 Å². The molecule has 7 heteroatoms. The summed E-state index contributed by atoms with van der Waals surface area (Å²) in [5.74, 6) is -0.0290. The third kappa shape index (κ3) is 1.61. The maximum Gasteiger partial charge on any atom is 0.327 e. The molecule has 4 rings (SSSR count). The van der Waals surface area contributed by atoms with E-state index in [0.717, 1.165) is 5.39 Å². The molecule has 102 valence electrons. The van der Waals surface area contributed by atoms with Crippen LogP contribution in [0.4, 0.5) is 0 Å². The van der Waals surface area contributed by atoms with E-state index in [2.05, 4.69) is 19.9 Å². The fourth-order valence-electron chi connectivity index (χ4n) is 2.38. The molecule has 0 radical (unpaired) electrons. The zero-order valence-corrected chi connectivity index (χ0v) is 10.5. The summed E-state index contributed by atoms with van der Waals surface area (Å²) in [6.45, 7) is 0. The smallest absolute Gasteiger partial charge is 0.327 e. The van der Waals surface area contributed by atoms with Crippen molar-refractivity contribution in [1.82, 2.24) is 19.9 Å². The predicted octanol–water partition coefficient (Wildman–Crippen LogP) is 1.02. The highest BCUT2D eigenvalue weighted by Crippen LogP contribution is 2.31. The molecule has 4 aromatic rings. The molecule has 0 saturated heterocycles. The number of aromatic amines is 2. The van der Waals surface area contributed by atoms with E-state index >= 15 is 0 Å². The number of fused-ring (bicyclic) bond motifs is 3. The van der Waals surface area contributed by atoms with E-state index in [1.807, 2.05) is 12.1 Å². The van der Waals surface area contributed by atoms with Crippen molar-refractivity contribution in [2.45, 2.75) is 0 Å². The van der Waals surface area contributed by atoms with Crippen LogP contribution >= 0.6 is 0 Å². The second kappa shape index (κ2) is 3.89. The molecular formula is C14H8N4O3. The molecule has 21 heavy (non-hydrogen) atoms. The Hall–Kier alpha value is -3.22. The van der Waals surface area contributed by atoms with Gasteiger partial charge in [-0.2, -0.15) is 0 Å². The molecular weight excluding hydrogens is 272 g/mol. The Morgan fingerprint density at radius 1 is 1.00 bits per heavy atom. The molecule has 2 heterocycles. The van der Waals surface area contributed by atoms with Gasteiger partial charge < -0.3 is 5.11 Å². The van der Waals surface area contributed by atoms with E-state index in [9.17, 15) is 14.7 Å². The lowest BCUT2D eigenvalue weighted by Crippen LogP contribution is -2.23. The second-order valence-electron chi connectivity index (χ2n) is 4.64. The zero-order chi connectivity index (χ0) is 14.6. The third-order valence-electron chi connectivity index (χ3n) is 3.33. The van der Waals surface area contributed by atoms with Crippen molar-refractivity contribution in [2.75, 3.05) is 0 Å². The lowest BCUT2D eigenvalue weighted by Gasteiger charge is -2.05. The van der Waals surface area contributed by atoms with Gasteiger partial charge in [0.05, 0.1) is 5.52 Å². The van der Waals surface area contributed by atoms with E-state index in [-0.39, 0.29) is 22.4 Å². The van der Waals surface area contributed by atoms with Crippen LogP contribution in [0.1, 0.15) is 0 Å². The summed E-state index contributed by atoms with van der Waals surface area (Å²) in [6.07, 6.45) is 0. The van der Waals surface area contributed by atoms with Crippen LogP contribution in [0.2, 0.25) is 0 Å². The number of phenols is 1. The van der Waals surface area contributed by atoms with Crippen molar-refractivity contribution < 1.29 is 5.11 Å². The highest BCUT2D eigenvalue weighted by atomic mass is 16.3. The van der Waals surface area contributed by atoms with Crippen LogP contribution in [-0.4, -0.2) is 25.0 Å². The van der Waals surface area contributed by atoms with Crippen LogP contribution in [0.15, 0.2) is 39.9 Å². The summed E-state index contributed by atoms with van der Waals surface area (Å²) in [4.78, 5) is 35.9. The van der Waals surface area contributed by atoms with E-state index < -0.39 is 11.2 Å². The largest absolute Gasteiger partial charge is 0.505 e. The molecule has 7 nitrogen and oxygen atoms in total. The fourth-order valence-corrected chi connectivity index (χ4v) is 2.38. The molecule has 2 aromatic heterocycles. The van der Waals surface area contributed by atoms with Gasteiger partial charge >= 0.3 is 5.69 Å². The number of aromatic hydroxyl groups is 1. The molecule has 0 aliphatic heterocycles. The number of benzene rings is 2. The molecule has 0 saturated carbocycles. The van der Waals surface area contributed by atoms with Crippen molar-refractivity contribution in [3.8, 4) is 5.75 Å². The van der Waals surface area contributed by atoms with Crippen LogP contribution in [0.25, 0.3) is 33.0 Å². The minimum atomic E-state index is -0.665. The van der Waals surface area contributed by atoms with Gasteiger partial charge in [0.2, 0.25) is 0 Å². The summed E-state index contributed by atoms with van der Waals surface area (Å²) in [6, 6.07) is 8.97. The molecule has 0 fully saturated rings. The molecule has 0 amide bonds. The summed E-state index contributed by atoms with van der Waals surface area (Å²) in [5, 5.41) is 11.7. The van der Waals surface area contributed by atoms with Gasteiger partial charge in [-0.15, -0.1) is 0 Å². The number of rotatable bonds is 0. The quantitative estimate of drug-likeness (QED) is 0.416. The van der Waals surface area contributed by atoms with Crippen molar-refractivity contribution >= 4 is 33.0 Å². The lowest BCUT2D eigenvalue weighted by molar-refractivity contribution is 0.486. The lowest BCUT2D eigenvalue weighted by atomic mass is 10.1. The van der Waals surface area contributed by atoms with Crippen LogP contribution in [0.3, 0.4) is 0 Å². The molecule has 3 N–H and O–H groups in total. The molecule has 2 aromatic carbocycles. The first-order chi connectivity index (χ1) is 10.1. The minimum absolute atomic E-state index is 0.0248. The number of H-pyrrole nitrogens is 2. The Morgan fingerprint density at radius 2 is 1.81 bits per heavy atom. The maximum atomic E-state index is 11.8. The van der Waals surface area contributed by atoms with Crippen LogP contribution < -0.4 is 11.2 Å². The van der Waals surface area contributed by atoms with Crippen molar-refractivity contribution in [3.63, 3.8) is 0 Å². The number of phenolic OH excluding ortho intramolecular Hbond substituents is 1. The van der Waals surface area contributed by atoms with Crippen molar-refractivity contribution in [2.24, 2.45) is 0 Å². The van der Waals surface area contributed by atoms with Crippen LogP contribution in [0, 0.1) is 0 Å². The molecule has 0 atom stereocenters. The Kier molecular flexibility index (Phi) is 2.15. The SMILES string of the molecule is O=c1[nH]c(=O)c2nc3cc4ccccc4c(O)c3nc2[nH]1. The first-order valence-electron chi connectivity index (χ1n) is 6.18. The highest BCUT2D eigenvalue weighted by molar-refractivity contribution is 6.03. The zero-order valence-electron chi connectivity index (χ0n) is 10.5. The van der Waals surface area contributed by atoms with Gasteiger partial charge in [-0.05, 0) is 11.5 Å². The van der Waals surface area contributed by atoms with Gasteiger partial charge in [0.1, 0.15) is 5.52 Å². The van der Waals surface area contributed by atoms with Gasteiger partial charge in [-0.1, -0.05) is 24.3 Å². The Bertz CT molecular complexity index is 1140. The third-order valence-corrected chi connectivity index (χ3v) is 3.33.